The maximum atomic E-state index is 11.5. The Morgan fingerprint density at radius 2 is 1.92 bits per heavy atom. The number of fused-ring (bicyclic) bond motifs is 2. The molecule has 25 heavy (non-hydrogen) atoms. The zero-order chi connectivity index (χ0) is 17.4. The molecular weight excluding hydrogens is 312 g/mol. The molecule has 2 aromatic carbocycles. The Balaban J connectivity index is 1.62. The Hall–Kier alpha value is -2.59. The first-order valence-corrected chi connectivity index (χ1v) is 8.76. The number of benzene rings is 2. The largest absolute Gasteiger partial charge is 0.506 e. The van der Waals surface area contributed by atoms with Crippen LogP contribution >= 0.6 is 0 Å². The van der Waals surface area contributed by atoms with Crippen LogP contribution in [-0.2, 0) is 6.54 Å². The summed E-state index contributed by atoms with van der Waals surface area (Å²) in [5, 5.41) is 10.5. The summed E-state index contributed by atoms with van der Waals surface area (Å²) in [7, 11) is 0. The number of hydrogen-bond acceptors (Lipinski definition) is 3. The lowest BCUT2D eigenvalue weighted by atomic mass is 9.92. The smallest absolute Gasteiger partial charge is 0.252 e. The van der Waals surface area contributed by atoms with Crippen LogP contribution in [0.3, 0.4) is 0 Å². The first kappa shape index (κ1) is 15.9. The van der Waals surface area contributed by atoms with Gasteiger partial charge in [-0.15, -0.1) is 0 Å². The van der Waals surface area contributed by atoms with Crippen molar-refractivity contribution in [2.75, 3.05) is 0 Å². The third-order valence-corrected chi connectivity index (χ3v) is 5.40. The van der Waals surface area contributed by atoms with E-state index < -0.39 is 5.91 Å². The predicted molar refractivity (Wildman–Crippen MR) is 98.0 cm³/mol. The van der Waals surface area contributed by atoms with Crippen molar-refractivity contribution in [2.45, 2.75) is 37.9 Å². The van der Waals surface area contributed by atoms with Crippen molar-refractivity contribution in [2.24, 2.45) is 5.73 Å². The number of phenols is 1. The molecular formula is C21H22N2O2. The molecule has 0 aliphatic carbocycles. The molecule has 1 amide bonds. The van der Waals surface area contributed by atoms with Crippen molar-refractivity contribution in [1.82, 2.24) is 4.90 Å². The second kappa shape index (κ2) is 6.37. The molecule has 2 bridgehead atoms. The minimum atomic E-state index is -0.593. The number of para-hydroxylation sites is 1. The van der Waals surface area contributed by atoms with E-state index in [0.29, 0.717) is 12.1 Å². The first-order chi connectivity index (χ1) is 12.1. The number of primary amides is 1. The Morgan fingerprint density at radius 1 is 1.12 bits per heavy atom. The van der Waals surface area contributed by atoms with Crippen LogP contribution in [0.15, 0.2) is 54.6 Å². The van der Waals surface area contributed by atoms with E-state index in [1.807, 2.05) is 12.1 Å². The molecule has 128 valence electrons. The van der Waals surface area contributed by atoms with Gasteiger partial charge in [-0.3, -0.25) is 9.69 Å². The zero-order valence-corrected chi connectivity index (χ0v) is 14.1. The Bertz CT molecular complexity index is 829. The summed E-state index contributed by atoms with van der Waals surface area (Å²) in [6.45, 7) is 0.952. The summed E-state index contributed by atoms with van der Waals surface area (Å²) in [5.74, 6) is -0.582. The van der Waals surface area contributed by atoms with Gasteiger partial charge < -0.3 is 10.8 Å². The van der Waals surface area contributed by atoms with Crippen LogP contribution < -0.4 is 5.73 Å². The predicted octanol–water partition coefficient (Wildman–Crippen LogP) is 3.31. The maximum absolute atomic E-state index is 11.5. The van der Waals surface area contributed by atoms with Crippen LogP contribution in [-0.4, -0.2) is 28.0 Å². The fourth-order valence-corrected chi connectivity index (χ4v) is 4.16. The molecule has 4 nitrogen and oxygen atoms in total. The summed E-state index contributed by atoms with van der Waals surface area (Å²) >= 11 is 0. The van der Waals surface area contributed by atoms with Gasteiger partial charge in [-0.2, -0.15) is 0 Å². The van der Waals surface area contributed by atoms with Gasteiger partial charge in [-0.05, 0) is 36.5 Å². The summed E-state index contributed by atoms with van der Waals surface area (Å²) in [4.78, 5) is 14.0. The number of carbonyl (C=O) groups excluding carboxylic acids is 1. The number of aromatic hydroxyl groups is 1. The second-order valence-electron chi connectivity index (χ2n) is 6.92. The Morgan fingerprint density at radius 3 is 2.64 bits per heavy atom. The van der Waals surface area contributed by atoms with Gasteiger partial charge in [-0.25, -0.2) is 0 Å². The van der Waals surface area contributed by atoms with Gasteiger partial charge >= 0.3 is 0 Å². The number of hydrogen-bond donors (Lipinski definition) is 2. The highest BCUT2D eigenvalue weighted by Gasteiger charge is 2.37. The molecule has 0 spiro atoms. The molecule has 4 rings (SSSR count). The Kier molecular flexibility index (Phi) is 4.06. The highest BCUT2D eigenvalue weighted by molar-refractivity contribution is 5.97. The number of nitrogens with zero attached hydrogens (tertiary/aromatic N) is 1. The van der Waals surface area contributed by atoms with Crippen LogP contribution in [0.5, 0.6) is 5.75 Å². The maximum Gasteiger partial charge on any atom is 0.252 e. The number of amides is 1. The molecule has 0 radical (unpaired) electrons. The van der Waals surface area contributed by atoms with E-state index in [-0.39, 0.29) is 11.3 Å². The molecule has 1 saturated heterocycles. The summed E-state index contributed by atoms with van der Waals surface area (Å²) < 4.78 is 0. The van der Waals surface area contributed by atoms with E-state index in [1.54, 1.807) is 12.1 Å². The van der Waals surface area contributed by atoms with E-state index in [4.69, 9.17) is 5.73 Å². The van der Waals surface area contributed by atoms with Gasteiger partial charge in [0.25, 0.3) is 5.91 Å². The topological polar surface area (TPSA) is 66.6 Å². The molecule has 4 heteroatoms. The molecule has 2 aliphatic rings. The molecule has 2 aliphatic heterocycles. The molecule has 3 N–H and O–H groups in total. The average Bonchev–Trinajstić information content (AvgIpc) is 2.84. The normalized spacial score (nSPS) is 22.6. The fourth-order valence-electron chi connectivity index (χ4n) is 4.16. The third kappa shape index (κ3) is 2.94. The van der Waals surface area contributed by atoms with Gasteiger partial charge in [0, 0.05) is 24.2 Å². The standard InChI is InChI=1S/C21H22N2O2/c22-21(25)19-8-4-7-18(20(19)24)15-11-16-9-10-17(12-15)23(16)13-14-5-2-1-3-6-14/h1-8,11,16-17,24H,9-10,12-13H2,(H2,22,25). The lowest BCUT2D eigenvalue weighted by molar-refractivity contribution is 0.0997. The average molecular weight is 334 g/mol. The van der Waals surface area contributed by atoms with Gasteiger partial charge in [0.1, 0.15) is 5.75 Å². The molecule has 0 saturated carbocycles. The second-order valence-corrected chi connectivity index (χ2v) is 6.92. The monoisotopic (exact) mass is 334 g/mol. The molecule has 2 unspecified atom stereocenters. The van der Waals surface area contributed by atoms with Gasteiger partial charge in [0.05, 0.1) is 5.56 Å². The minimum Gasteiger partial charge on any atom is -0.506 e. The van der Waals surface area contributed by atoms with Crippen molar-refractivity contribution in [3.63, 3.8) is 0 Å². The molecule has 1 fully saturated rings. The van der Waals surface area contributed by atoms with Crippen LogP contribution in [0.1, 0.15) is 40.7 Å². The summed E-state index contributed by atoms with van der Waals surface area (Å²) in [6.07, 6.45) is 5.44. The molecule has 0 aromatic heterocycles. The van der Waals surface area contributed by atoms with Crippen LogP contribution in [0, 0.1) is 0 Å². The zero-order valence-electron chi connectivity index (χ0n) is 14.1. The van der Waals surface area contributed by atoms with Crippen LogP contribution in [0.2, 0.25) is 0 Å². The highest BCUT2D eigenvalue weighted by atomic mass is 16.3. The quantitative estimate of drug-likeness (QED) is 0.901. The molecule has 2 aromatic rings. The van der Waals surface area contributed by atoms with Gasteiger partial charge in [-0.1, -0.05) is 48.5 Å². The first-order valence-electron chi connectivity index (χ1n) is 8.76. The summed E-state index contributed by atoms with van der Waals surface area (Å²) in [5.41, 5.74) is 8.75. The SMILES string of the molecule is NC(=O)c1cccc(C2=CC3CCC(C2)N3Cc2ccccc2)c1O. The highest BCUT2D eigenvalue weighted by Crippen LogP contribution is 2.41. The minimum absolute atomic E-state index is 0.0113. The fraction of sp³-hybridized carbons (Fsp3) is 0.286. The third-order valence-electron chi connectivity index (χ3n) is 5.40. The van der Waals surface area contributed by atoms with E-state index >= 15 is 0 Å². The Labute approximate surface area is 147 Å². The molecule has 2 atom stereocenters. The van der Waals surface area contributed by atoms with E-state index in [9.17, 15) is 9.90 Å². The lowest BCUT2D eigenvalue weighted by Gasteiger charge is -2.34. The van der Waals surface area contributed by atoms with E-state index in [0.717, 1.165) is 36.9 Å². The van der Waals surface area contributed by atoms with Crippen molar-refractivity contribution in [1.29, 1.82) is 0 Å². The lowest BCUT2D eigenvalue weighted by Crippen LogP contribution is -2.37. The molecule has 2 heterocycles. The van der Waals surface area contributed by atoms with Crippen LogP contribution in [0.4, 0.5) is 0 Å². The number of rotatable bonds is 4. The van der Waals surface area contributed by atoms with Crippen molar-refractivity contribution in [3.8, 4) is 5.75 Å². The van der Waals surface area contributed by atoms with E-state index in [1.165, 1.54) is 5.56 Å². The van der Waals surface area contributed by atoms with Gasteiger partial charge in [0.15, 0.2) is 0 Å². The van der Waals surface area contributed by atoms with Gasteiger partial charge in [0.2, 0.25) is 0 Å². The summed E-state index contributed by atoms with van der Waals surface area (Å²) in [6, 6.07) is 16.6. The van der Waals surface area contributed by atoms with Crippen LogP contribution in [0.25, 0.3) is 5.57 Å². The van der Waals surface area contributed by atoms with Crippen molar-refractivity contribution >= 4 is 11.5 Å². The number of nitrogens with two attached hydrogens (primary N) is 1. The number of carbonyl (C=O) groups is 1. The van der Waals surface area contributed by atoms with Crippen molar-refractivity contribution < 1.29 is 9.90 Å². The van der Waals surface area contributed by atoms with Crippen molar-refractivity contribution in [3.05, 3.63) is 71.3 Å². The van der Waals surface area contributed by atoms with E-state index in [2.05, 4.69) is 35.2 Å².